The molecule has 1 heteroatoms. The maximum Gasteiger partial charge on any atom is 0.0270 e. The van der Waals surface area contributed by atoms with Crippen LogP contribution < -0.4 is 0 Å². The lowest BCUT2D eigenvalue weighted by atomic mass is 9.91. The van der Waals surface area contributed by atoms with Gasteiger partial charge in [0.15, 0.2) is 0 Å². The highest BCUT2D eigenvalue weighted by Gasteiger charge is 2.08. The molecule has 1 nitrogen and oxygen atoms in total. The van der Waals surface area contributed by atoms with Crippen molar-refractivity contribution < 1.29 is 0 Å². The molecule has 1 heterocycles. The first kappa shape index (κ1) is 18.2. The molecule has 0 radical (unpaired) electrons. The Morgan fingerprint density at radius 3 is 1.81 bits per heavy atom. The van der Waals surface area contributed by atoms with Crippen LogP contribution in [0.15, 0.2) is 24.5 Å². The van der Waals surface area contributed by atoms with Crippen LogP contribution in [-0.2, 0) is 0 Å². The highest BCUT2D eigenvalue weighted by Crippen LogP contribution is 2.25. The van der Waals surface area contributed by atoms with Crippen LogP contribution >= 0.6 is 0 Å². The molecule has 0 aromatic carbocycles. The van der Waals surface area contributed by atoms with E-state index in [2.05, 4.69) is 31.0 Å². The molecular weight excluding hydrogens is 254 g/mol. The zero-order valence-corrected chi connectivity index (χ0v) is 14.3. The van der Waals surface area contributed by atoms with Crippen molar-refractivity contribution in [1.29, 1.82) is 0 Å². The van der Waals surface area contributed by atoms with E-state index in [-0.39, 0.29) is 0 Å². The molecule has 0 saturated heterocycles. The molecule has 1 rings (SSSR count). The van der Waals surface area contributed by atoms with Gasteiger partial charge >= 0.3 is 0 Å². The summed E-state index contributed by atoms with van der Waals surface area (Å²) in [6.07, 6.45) is 20.7. The van der Waals surface area contributed by atoms with Crippen molar-refractivity contribution in [3.05, 3.63) is 30.1 Å². The van der Waals surface area contributed by atoms with Crippen LogP contribution in [0.4, 0.5) is 0 Å². The largest absolute Gasteiger partial charge is 0.265 e. The molecule has 120 valence electrons. The summed E-state index contributed by atoms with van der Waals surface area (Å²) in [6, 6.07) is 4.37. The third kappa shape index (κ3) is 8.90. The van der Waals surface area contributed by atoms with Crippen molar-refractivity contribution in [1.82, 2.24) is 4.98 Å². The molecule has 1 atom stereocenters. The highest BCUT2D eigenvalue weighted by atomic mass is 14.6. The first-order valence-corrected chi connectivity index (χ1v) is 9.28. The van der Waals surface area contributed by atoms with Crippen molar-refractivity contribution in [3.8, 4) is 0 Å². The minimum absolute atomic E-state index is 0.738. The lowest BCUT2D eigenvalue weighted by molar-refractivity contribution is 0.517. The van der Waals surface area contributed by atoms with Gasteiger partial charge in [-0.1, -0.05) is 78.1 Å². The van der Waals surface area contributed by atoms with E-state index in [0.717, 1.165) is 5.92 Å². The third-order valence-corrected chi connectivity index (χ3v) is 4.58. The highest BCUT2D eigenvalue weighted by molar-refractivity contribution is 5.15. The zero-order valence-electron chi connectivity index (χ0n) is 14.3. The second-order valence-corrected chi connectivity index (χ2v) is 6.36. The van der Waals surface area contributed by atoms with E-state index < -0.39 is 0 Å². The number of pyridine rings is 1. The Balaban J connectivity index is 1.98. The van der Waals surface area contributed by atoms with Crippen LogP contribution in [0.1, 0.15) is 102 Å². The predicted octanol–water partition coefficient (Wildman–Crippen LogP) is 6.89. The van der Waals surface area contributed by atoms with Crippen molar-refractivity contribution in [2.24, 2.45) is 0 Å². The Morgan fingerprint density at radius 1 is 0.762 bits per heavy atom. The summed E-state index contributed by atoms with van der Waals surface area (Å²) < 4.78 is 0. The number of hydrogen-bond donors (Lipinski definition) is 0. The first-order chi connectivity index (χ1) is 10.4. The van der Waals surface area contributed by atoms with Gasteiger partial charge in [0.1, 0.15) is 0 Å². The van der Waals surface area contributed by atoms with Crippen molar-refractivity contribution in [2.45, 2.75) is 96.8 Å². The standard InChI is InChI=1S/C20H35N/c1-3-5-6-7-8-9-10-11-12-13-14-19(4-2)20-15-17-21-18-16-20/h15-19H,3-14H2,1-2H3. The van der Waals surface area contributed by atoms with Crippen molar-refractivity contribution in [2.75, 3.05) is 0 Å². The first-order valence-electron chi connectivity index (χ1n) is 9.28. The number of nitrogens with zero attached hydrogens (tertiary/aromatic N) is 1. The number of rotatable bonds is 13. The average Bonchev–Trinajstić information content (AvgIpc) is 2.54. The molecule has 0 bridgehead atoms. The molecule has 0 N–H and O–H groups in total. The van der Waals surface area contributed by atoms with E-state index in [4.69, 9.17) is 0 Å². The van der Waals surface area contributed by atoms with Crippen LogP contribution in [0.5, 0.6) is 0 Å². The molecule has 1 aromatic heterocycles. The Hall–Kier alpha value is -0.850. The molecule has 0 fully saturated rings. The third-order valence-electron chi connectivity index (χ3n) is 4.58. The lowest BCUT2D eigenvalue weighted by Crippen LogP contribution is -1.97. The molecule has 0 saturated carbocycles. The Morgan fingerprint density at radius 2 is 1.29 bits per heavy atom. The second-order valence-electron chi connectivity index (χ2n) is 6.36. The Labute approximate surface area is 132 Å². The predicted molar refractivity (Wildman–Crippen MR) is 93.7 cm³/mol. The van der Waals surface area contributed by atoms with Gasteiger partial charge in [-0.2, -0.15) is 0 Å². The van der Waals surface area contributed by atoms with E-state index in [9.17, 15) is 0 Å². The van der Waals surface area contributed by atoms with Crippen molar-refractivity contribution in [3.63, 3.8) is 0 Å². The molecule has 1 aromatic rings. The molecule has 0 aliphatic rings. The molecule has 0 spiro atoms. The van der Waals surface area contributed by atoms with Gasteiger partial charge in [-0.05, 0) is 36.5 Å². The van der Waals surface area contributed by atoms with E-state index >= 15 is 0 Å². The van der Waals surface area contributed by atoms with E-state index in [1.54, 1.807) is 0 Å². The van der Waals surface area contributed by atoms with Crippen LogP contribution in [0.2, 0.25) is 0 Å². The van der Waals surface area contributed by atoms with Crippen LogP contribution in [-0.4, -0.2) is 4.98 Å². The van der Waals surface area contributed by atoms with Gasteiger partial charge < -0.3 is 0 Å². The van der Waals surface area contributed by atoms with Gasteiger partial charge in [-0.15, -0.1) is 0 Å². The topological polar surface area (TPSA) is 12.9 Å². The molecule has 0 amide bonds. The normalized spacial score (nSPS) is 12.5. The maximum atomic E-state index is 4.12. The fourth-order valence-electron chi connectivity index (χ4n) is 3.12. The Kier molecular flexibility index (Phi) is 11.1. The van der Waals surface area contributed by atoms with Gasteiger partial charge in [0, 0.05) is 12.4 Å². The SMILES string of the molecule is CCCCCCCCCCCCC(CC)c1ccncc1. The summed E-state index contributed by atoms with van der Waals surface area (Å²) in [5, 5.41) is 0. The summed E-state index contributed by atoms with van der Waals surface area (Å²) in [7, 11) is 0. The summed E-state index contributed by atoms with van der Waals surface area (Å²) in [5.41, 5.74) is 1.48. The fraction of sp³-hybridized carbons (Fsp3) is 0.750. The zero-order chi connectivity index (χ0) is 15.2. The van der Waals surface area contributed by atoms with Gasteiger partial charge in [-0.3, -0.25) is 4.98 Å². The van der Waals surface area contributed by atoms with Crippen molar-refractivity contribution >= 4 is 0 Å². The molecule has 0 aliphatic heterocycles. The number of unbranched alkanes of at least 4 members (excludes halogenated alkanes) is 9. The number of aromatic nitrogens is 1. The minimum Gasteiger partial charge on any atom is -0.265 e. The second kappa shape index (κ2) is 12.9. The molecule has 0 aliphatic carbocycles. The van der Waals surface area contributed by atoms with E-state index in [0.29, 0.717) is 0 Å². The molecule has 21 heavy (non-hydrogen) atoms. The van der Waals surface area contributed by atoms with Crippen LogP contribution in [0, 0.1) is 0 Å². The fourth-order valence-corrected chi connectivity index (χ4v) is 3.12. The minimum atomic E-state index is 0.738. The molecule has 1 unspecified atom stereocenters. The molecular formula is C20H35N. The lowest BCUT2D eigenvalue weighted by Gasteiger charge is -2.14. The van der Waals surface area contributed by atoms with Gasteiger partial charge in [0.2, 0.25) is 0 Å². The monoisotopic (exact) mass is 289 g/mol. The van der Waals surface area contributed by atoms with Gasteiger partial charge in [0.05, 0.1) is 0 Å². The maximum absolute atomic E-state index is 4.12. The van der Waals surface area contributed by atoms with Gasteiger partial charge in [-0.25, -0.2) is 0 Å². The quantitative estimate of drug-likeness (QED) is 0.360. The summed E-state index contributed by atoms with van der Waals surface area (Å²) >= 11 is 0. The summed E-state index contributed by atoms with van der Waals surface area (Å²) in [6.45, 7) is 4.59. The smallest absolute Gasteiger partial charge is 0.0270 e. The number of hydrogen-bond acceptors (Lipinski definition) is 1. The average molecular weight is 290 g/mol. The van der Waals surface area contributed by atoms with E-state index in [1.165, 1.54) is 82.6 Å². The van der Waals surface area contributed by atoms with E-state index in [1.807, 2.05) is 12.4 Å². The summed E-state index contributed by atoms with van der Waals surface area (Å²) in [5.74, 6) is 0.738. The van der Waals surface area contributed by atoms with Gasteiger partial charge in [0.25, 0.3) is 0 Å². The summed E-state index contributed by atoms with van der Waals surface area (Å²) in [4.78, 5) is 4.12. The van der Waals surface area contributed by atoms with Crippen LogP contribution in [0.25, 0.3) is 0 Å². The Bertz CT molecular complexity index is 320. The van der Waals surface area contributed by atoms with Crippen LogP contribution in [0.3, 0.4) is 0 Å².